The second-order valence-corrected chi connectivity index (χ2v) is 8.95. The molecule has 1 aliphatic carbocycles. The molecule has 2 aromatic rings. The first-order valence-corrected chi connectivity index (χ1v) is 11.0. The second-order valence-electron chi connectivity index (χ2n) is 8.95. The van der Waals surface area contributed by atoms with E-state index in [1.54, 1.807) is 6.08 Å². The highest BCUT2D eigenvalue weighted by Crippen LogP contribution is 2.51. The summed E-state index contributed by atoms with van der Waals surface area (Å²) in [6.45, 7) is 5.29. The fraction of sp³-hybridized carbons (Fsp3) is 0.310. The van der Waals surface area contributed by atoms with E-state index in [0.29, 0.717) is 12.8 Å². The van der Waals surface area contributed by atoms with Gasteiger partial charge >= 0.3 is 0 Å². The van der Waals surface area contributed by atoms with Crippen molar-refractivity contribution >= 4 is 6.08 Å². The van der Waals surface area contributed by atoms with Gasteiger partial charge in [-0.3, -0.25) is 4.39 Å². The smallest absolute Gasteiger partial charge is 0.168 e. The third-order valence-electron chi connectivity index (χ3n) is 6.49. The molecule has 3 atom stereocenters. The number of hydrogen-bond donors (Lipinski definition) is 0. The van der Waals surface area contributed by atoms with Crippen LogP contribution in [0, 0.1) is 39.4 Å². The maximum Gasteiger partial charge on any atom is 0.168 e. The van der Waals surface area contributed by atoms with Crippen LogP contribution in [0.3, 0.4) is 0 Å². The molecule has 3 heteroatoms. The van der Waals surface area contributed by atoms with Crippen molar-refractivity contribution in [2.45, 2.75) is 32.1 Å². The molecule has 1 aliphatic rings. The van der Waals surface area contributed by atoms with Crippen LogP contribution in [0.5, 0.6) is 0 Å². The van der Waals surface area contributed by atoms with E-state index in [9.17, 15) is 14.9 Å². The summed E-state index contributed by atoms with van der Waals surface area (Å²) in [6, 6.07) is 24.7. The Morgan fingerprint density at radius 2 is 1.75 bits per heavy atom. The Bertz CT molecular complexity index is 1040. The third kappa shape index (κ3) is 4.90. The molecule has 2 nitrogen and oxygen atoms in total. The van der Waals surface area contributed by atoms with Gasteiger partial charge in [0.2, 0.25) is 0 Å². The quantitative estimate of drug-likeness (QED) is 0.414. The normalized spacial score (nSPS) is 21.9. The van der Waals surface area contributed by atoms with Crippen molar-refractivity contribution < 1.29 is 4.39 Å². The van der Waals surface area contributed by atoms with Crippen LogP contribution in [0.25, 0.3) is 6.08 Å². The minimum absolute atomic E-state index is 0.0975. The fourth-order valence-corrected chi connectivity index (χ4v) is 4.66. The van der Waals surface area contributed by atoms with E-state index in [0.717, 1.165) is 16.7 Å². The topological polar surface area (TPSA) is 47.6 Å². The lowest BCUT2D eigenvalue weighted by Gasteiger charge is -2.42. The maximum absolute atomic E-state index is 14.1. The number of hydrogen-bond acceptors (Lipinski definition) is 2. The largest absolute Gasteiger partial charge is 0.250 e. The first-order valence-electron chi connectivity index (χ1n) is 11.0. The van der Waals surface area contributed by atoms with E-state index in [1.807, 2.05) is 61.5 Å². The van der Waals surface area contributed by atoms with E-state index in [1.165, 1.54) is 0 Å². The number of rotatable bonds is 8. The average molecular weight is 425 g/mol. The third-order valence-corrected chi connectivity index (χ3v) is 6.49. The summed E-state index contributed by atoms with van der Waals surface area (Å²) in [7, 11) is 0. The van der Waals surface area contributed by atoms with Crippen molar-refractivity contribution in [2.75, 3.05) is 6.67 Å². The SMILES string of the molecule is C=CCC(C#N)(C#N)C1=CCC(C)(CF)CC1C(/C=C/c1ccccc1)c1ccccc1. The molecule has 162 valence electrons. The number of benzene rings is 2. The molecule has 0 radical (unpaired) electrons. The van der Waals surface area contributed by atoms with Gasteiger partial charge in [-0.2, -0.15) is 10.5 Å². The van der Waals surface area contributed by atoms with Gasteiger partial charge in [0, 0.05) is 12.3 Å². The standard InChI is InChI=1S/C29H29FN2/c1-3-17-29(21-31,22-32)27-16-18-28(2,20-30)19-26(27)25(24-12-8-5-9-13-24)15-14-23-10-6-4-7-11-23/h3-16,25-26H,1,17-20H2,2H3/b15-14+. The van der Waals surface area contributed by atoms with Crippen molar-refractivity contribution in [2.24, 2.45) is 16.7 Å². The van der Waals surface area contributed by atoms with Gasteiger partial charge in [0.05, 0.1) is 18.8 Å². The number of alkyl halides is 1. The molecule has 0 saturated heterocycles. The predicted octanol–water partition coefficient (Wildman–Crippen LogP) is 7.41. The molecular formula is C29H29FN2. The maximum atomic E-state index is 14.1. The molecule has 0 fully saturated rings. The molecule has 0 aromatic heterocycles. The summed E-state index contributed by atoms with van der Waals surface area (Å²) < 4.78 is 14.1. The van der Waals surface area contributed by atoms with E-state index in [4.69, 9.17) is 0 Å². The van der Waals surface area contributed by atoms with Crippen LogP contribution in [0.1, 0.15) is 43.2 Å². The van der Waals surface area contributed by atoms with Crippen molar-refractivity contribution in [1.82, 2.24) is 0 Å². The summed E-state index contributed by atoms with van der Waals surface area (Å²) >= 11 is 0. The summed E-state index contributed by atoms with van der Waals surface area (Å²) in [5, 5.41) is 20.1. The minimum atomic E-state index is -1.29. The molecule has 32 heavy (non-hydrogen) atoms. The molecule has 3 rings (SSSR count). The zero-order valence-corrected chi connectivity index (χ0v) is 18.5. The van der Waals surface area contributed by atoms with Gasteiger partial charge in [0.1, 0.15) is 0 Å². The van der Waals surface area contributed by atoms with Crippen LogP contribution in [0.2, 0.25) is 0 Å². The Hall–Kier alpha value is -3.43. The lowest BCUT2D eigenvalue weighted by atomic mass is 9.60. The summed E-state index contributed by atoms with van der Waals surface area (Å²) in [5.41, 5.74) is 1.13. The molecule has 2 aromatic carbocycles. The minimum Gasteiger partial charge on any atom is -0.250 e. The van der Waals surface area contributed by atoms with Crippen molar-refractivity contribution in [3.8, 4) is 12.1 Å². The molecule has 0 aliphatic heterocycles. The Morgan fingerprint density at radius 1 is 1.12 bits per heavy atom. The van der Waals surface area contributed by atoms with Crippen molar-refractivity contribution in [3.63, 3.8) is 0 Å². The summed E-state index contributed by atoms with van der Waals surface area (Å²) in [6.07, 6.45) is 9.13. The van der Waals surface area contributed by atoms with Gasteiger partial charge < -0.3 is 0 Å². The molecule has 3 unspecified atom stereocenters. The number of nitrogens with zero attached hydrogens (tertiary/aromatic N) is 2. The number of nitriles is 2. The Morgan fingerprint density at radius 3 is 2.31 bits per heavy atom. The molecule has 0 N–H and O–H groups in total. The zero-order chi connectivity index (χ0) is 23.0. The molecule has 0 amide bonds. The van der Waals surface area contributed by atoms with E-state index < -0.39 is 17.5 Å². The van der Waals surface area contributed by atoms with Crippen LogP contribution in [0.15, 0.2) is 91.0 Å². The molecule has 0 bridgehead atoms. The predicted molar refractivity (Wildman–Crippen MR) is 128 cm³/mol. The van der Waals surface area contributed by atoms with E-state index in [-0.39, 0.29) is 18.3 Å². The Balaban J connectivity index is 2.16. The van der Waals surface area contributed by atoms with Crippen LogP contribution in [-0.2, 0) is 0 Å². The Labute approximate surface area is 191 Å². The number of halogens is 1. The van der Waals surface area contributed by atoms with Crippen molar-refractivity contribution in [3.05, 3.63) is 102 Å². The van der Waals surface area contributed by atoms with Gasteiger partial charge in [0.25, 0.3) is 0 Å². The van der Waals surface area contributed by atoms with Gasteiger partial charge in [-0.1, -0.05) is 91.9 Å². The van der Waals surface area contributed by atoms with Gasteiger partial charge in [-0.25, -0.2) is 0 Å². The summed E-state index contributed by atoms with van der Waals surface area (Å²) in [4.78, 5) is 0. The highest BCUT2D eigenvalue weighted by Gasteiger charge is 2.45. The lowest BCUT2D eigenvalue weighted by Crippen LogP contribution is -2.36. The molecule has 0 saturated carbocycles. The number of allylic oxidation sites excluding steroid dienone is 4. The van der Waals surface area contributed by atoms with Crippen molar-refractivity contribution in [1.29, 1.82) is 10.5 Å². The first-order chi connectivity index (χ1) is 15.5. The van der Waals surface area contributed by atoms with Crippen LogP contribution in [-0.4, -0.2) is 6.67 Å². The lowest BCUT2D eigenvalue weighted by molar-refractivity contribution is 0.166. The van der Waals surface area contributed by atoms with E-state index in [2.05, 4.69) is 43.0 Å². The fourth-order valence-electron chi connectivity index (χ4n) is 4.66. The molecule has 0 heterocycles. The summed E-state index contributed by atoms with van der Waals surface area (Å²) in [5.74, 6) is -0.272. The van der Waals surface area contributed by atoms with Crippen LogP contribution < -0.4 is 0 Å². The molecular weight excluding hydrogens is 395 g/mol. The van der Waals surface area contributed by atoms with E-state index >= 15 is 0 Å². The van der Waals surface area contributed by atoms with Gasteiger partial charge in [-0.15, -0.1) is 6.58 Å². The second kappa shape index (κ2) is 10.3. The van der Waals surface area contributed by atoms with Gasteiger partial charge in [0.15, 0.2) is 5.41 Å². The van der Waals surface area contributed by atoms with Crippen LogP contribution in [0.4, 0.5) is 4.39 Å². The first kappa shape index (κ1) is 23.2. The highest BCUT2D eigenvalue weighted by molar-refractivity contribution is 5.52. The van der Waals surface area contributed by atoms with Gasteiger partial charge in [-0.05, 0) is 40.9 Å². The monoisotopic (exact) mass is 424 g/mol. The zero-order valence-electron chi connectivity index (χ0n) is 18.5. The average Bonchev–Trinajstić information content (AvgIpc) is 2.84. The highest BCUT2D eigenvalue weighted by atomic mass is 19.1. The van der Waals surface area contributed by atoms with Crippen LogP contribution >= 0.6 is 0 Å². The molecule has 0 spiro atoms. The Kier molecular flexibility index (Phi) is 7.45.